The summed E-state index contributed by atoms with van der Waals surface area (Å²) in [5, 5.41) is 11.6. The van der Waals surface area contributed by atoms with Crippen molar-refractivity contribution in [2.75, 3.05) is 32.1 Å². The third kappa shape index (κ3) is 5.66. The van der Waals surface area contributed by atoms with Crippen LogP contribution in [0.1, 0.15) is 5.56 Å². The average molecular weight is 292 g/mol. The SMILES string of the molecule is C=CCN(CC(=O)O)C(=O)Nc1ccccc1CCOC. The molecule has 0 radical (unpaired) electrons. The molecule has 0 unspecified atom stereocenters. The Labute approximate surface area is 124 Å². The zero-order valence-electron chi connectivity index (χ0n) is 12.0. The molecule has 0 aliphatic rings. The highest BCUT2D eigenvalue weighted by Crippen LogP contribution is 2.16. The van der Waals surface area contributed by atoms with Gasteiger partial charge in [-0.05, 0) is 18.1 Å². The van der Waals surface area contributed by atoms with Crippen molar-refractivity contribution < 1.29 is 19.4 Å². The number of rotatable bonds is 8. The fourth-order valence-corrected chi connectivity index (χ4v) is 1.80. The highest BCUT2D eigenvalue weighted by molar-refractivity contribution is 5.92. The number of benzene rings is 1. The topological polar surface area (TPSA) is 78.9 Å². The third-order valence-corrected chi connectivity index (χ3v) is 2.80. The molecular weight excluding hydrogens is 272 g/mol. The molecule has 1 aromatic rings. The van der Waals surface area contributed by atoms with Crippen molar-refractivity contribution in [1.82, 2.24) is 4.90 Å². The second-order valence-corrected chi connectivity index (χ2v) is 4.39. The highest BCUT2D eigenvalue weighted by Gasteiger charge is 2.16. The van der Waals surface area contributed by atoms with E-state index in [0.29, 0.717) is 18.7 Å². The van der Waals surface area contributed by atoms with Crippen LogP contribution >= 0.6 is 0 Å². The zero-order valence-corrected chi connectivity index (χ0v) is 12.0. The predicted octanol–water partition coefficient (Wildman–Crippen LogP) is 1.98. The van der Waals surface area contributed by atoms with Crippen molar-refractivity contribution in [3.05, 3.63) is 42.5 Å². The zero-order chi connectivity index (χ0) is 15.7. The molecule has 0 heterocycles. The Hall–Kier alpha value is -2.34. The Balaban J connectivity index is 2.80. The molecule has 0 saturated carbocycles. The van der Waals surface area contributed by atoms with E-state index in [4.69, 9.17) is 9.84 Å². The van der Waals surface area contributed by atoms with Gasteiger partial charge in [-0.3, -0.25) is 4.79 Å². The van der Waals surface area contributed by atoms with Crippen LogP contribution in [0.2, 0.25) is 0 Å². The van der Waals surface area contributed by atoms with Gasteiger partial charge in [-0.15, -0.1) is 6.58 Å². The Morgan fingerprint density at radius 3 is 2.76 bits per heavy atom. The number of nitrogens with one attached hydrogen (secondary N) is 1. The number of ether oxygens (including phenoxy) is 1. The summed E-state index contributed by atoms with van der Waals surface area (Å²) in [6.45, 7) is 3.85. The van der Waals surface area contributed by atoms with Crippen molar-refractivity contribution in [1.29, 1.82) is 0 Å². The van der Waals surface area contributed by atoms with Gasteiger partial charge in [-0.1, -0.05) is 24.3 Å². The van der Waals surface area contributed by atoms with Crippen LogP contribution in [0.15, 0.2) is 36.9 Å². The number of carboxylic acid groups (broad SMARTS) is 1. The number of anilines is 1. The van der Waals surface area contributed by atoms with Gasteiger partial charge in [0.2, 0.25) is 0 Å². The smallest absolute Gasteiger partial charge is 0.323 e. The molecule has 0 aliphatic carbocycles. The molecule has 0 atom stereocenters. The lowest BCUT2D eigenvalue weighted by atomic mass is 10.1. The van der Waals surface area contributed by atoms with Gasteiger partial charge in [0.1, 0.15) is 6.54 Å². The first-order valence-corrected chi connectivity index (χ1v) is 6.54. The number of carbonyl (C=O) groups is 2. The van der Waals surface area contributed by atoms with Crippen molar-refractivity contribution >= 4 is 17.7 Å². The number of nitrogens with zero attached hydrogens (tertiary/aromatic N) is 1. The fourth-order valence-electron chi connectivity index (χ4n) is 1.80. The van der Waals surface area contributed by atoms with E-state index in [1.54, 1.807) is 19.2 Å². The second-order valence-electron chi connectivity index (χ2n) is 4.39. The Kier molecular flexibility index (Phi) is 6.97. The van der Waals surface area contributed by atoms with Crippen LogP contribution in [-0.2, 0) is 16.0 Å². The Morgan fingerprint density at radius 2 is 2.14 bits per heavy atom. The lowest BCUT2D eigenvalue weighted by Gasteiger charge is -2.20. The maximum Gasteiger partial charge on any atom is 0.323 e. The van der Waals surface area contributed by atoms with Crippen LogP contribution in [0.25, 0.3) is 0 Å². The standard InChI is InChI=1S/C15H20N2O4/c1-3-9-17(11-14(18)19)15(20)16-13-7-5-4-6-12(13)8-10-21-2/h3-7H,1,8-11H2,2H3,(H,16,20)(H,18,19). The number of aliphatic carboxylic acids is 1. The summed E-state index contributed by atoms with van der Waals surface area (Å²) in [7, 11) is 1.61. The van der Waals surface area contributed by atoms with Crippen LogP contribution in [0.3, 0.4) is 0 Å². The van der Waals surface area contributed by atoms with Gasteiger partial charge >= 0.3 is 12.0 Å². The molecule has 0 saturated heterocycles. The number of para-hydroxylation sites is 1. The van der Waals surface area contributed by atoms with E-state index in [1.807, 2.05) is 12.1 Å². The van der Waals surface area contributed by atoms with Gasteiger partial charge in [-0.25, -0.2) is 4.79 Å². The van der Waals surface area contributed by atoms with Crippen molar-refractivity contribution in [3.8, 4) is 0 Å². The number of carboxylic acids is 1. The fraction of sp³-hybridized carbons (Fsp3) is 0.333. The van der Waals surface area contributed by atoms with Gasteiger partial charge in [-0.2, -0.15) is 0 Å². The number of hydrogen-bond donors (Lipinski definition) is 2. The summed E-state index contributed by atoms with van der Waals surface area (Å²) >= 11 is 0. The lowest BCUT2D eigenvalue weighted by molar-refractivity contribution is -0.137. The summed E-state index contributed by atoms with van der Waals surface area (Å²) in [4.78, 5) is 24.1. The van der Waals surface area contributed by atoms with Crippen molar-refractivity contribution in [3.63, 3.8) is 0 Å². The normalized spacial score (nSPS) is 9.95. The van der Waals surface area contributed by atoms with E-state index in [2.05, 4.69) is 11.9 Å². The van der Waals surface area contributed by atoms with Gasteiger partial charge in [0, 0.05) is 19.3 Å². The predicted molar refractivity (Wildman–Crippen MR) is 80.4 cm³/mol. The molecule has 0 bridgehead atoms. The molecule has 2 N–H and O–H groups in total. The van der Waals surface area contributed by atoms with E-state index in [1.165, 1.54) is 11.0 Å². The number of hydrogen-bond acceptors (Lipinski definition) is 3. The van der Waals surface area contributed by atoms with Crippen molar-refractivity contribution in [2.45, 2.75) is 6.42 Å². The molecule has 0 spiro atoms. The molecule has 114 valence electrons. The van der Waals surface area contributed by atoms with Crippen LogP contribution in [-0.4, -0.2) is 48.8 Å². The summed E-state index contributed by atoms with van der Waals surface area (Å²) < 4.78 is 5.03. The summed E-state index contributed by atoms with van der Waals surface area (Å²) in [5.74, 6) is -1.07. The number of carbonyl (C=O) groups excluding carboxylic acids is 1. The minimum Gasteiger partial charge on any atom is -0.480 e. The lowest BCUT2D eigenvalue weighted by Crippen LogP contribution is -2.39. The van der Waals surface area contributed by atoms with E-state index >= 15 is 0 Å². The molecular formula is C15H20N2O4. The Morgan fingerprint density at radius 1 is 1.43 bits per heavy atom. The highest BCUT2D eigenvalue weighted by atomic mass is 16.5. The minimum atomic E-state index is -1.07. The van der Waals surface area contributed by atoms with Gasteiger partial charge in [0.05, 0.1) is 6.61 Å². The third-order valence-electron chi connectivity index (χ3n) is 2.80. The van der Waals surface area contributed by atoms with Crippen molar-refractivity contribution in [2.24, 2.45) is 0 Å². The Bertz CT molecular complexity index is 502. The minimum absolute atomic E-state index is 0.165. The van der Waals surface area contributed by atoms with Crippen LogP contribution < -0.4 is 5.32 Å². The molecule has 0 fully saturated rings. The molecule has 6 nitrogen and oxygen atoms in total. The first-order chi connectivity index (χ1) is 10.1. The van der Waals surface area contributed by atoms with Crippen LogP contribution in [0.4, 0.5) is 10.5 Å². The summed E-state index contributed by atoms with van der Waals surface area (Å²) in [6, 6.07) is 6.88. The van der Waals surface area contributed by atoms with E-state index < -0.39 is 12.0 Å². The maximum atomic E-state index is 12.1. The number of urea groups is 1. The van der Waals surface area contributed by atoms with Gasteiger partial charge in [0.25, 0.3) is 0 Å². The monoisotopic (exact) mass is 292 g/mol. The first kappa shape index (κ1) is 16.7. The molecule has 0 aliphatic heterocycles. The van der Waals surface area contributed by atoms with Crippen LogP contribution in [0.5, 0.6) is 0 Å². The maximum absolute atomic E-state index is 12.1. The van der Waals surface area contributed by atoms with E-state index in [0.717, 1.165) is 5.56 Å². The van der Waals surface area contributed by atoms with Gasteiger partial charge in [0.15, 0.2) is 0 Å². The summed E-state index contributed by atoms with van der Waals surface area (Å²) in [5.41, 5.74) is 1.58. The number of methoxy groups -OCH3 is 1. The molecule has 21 heavy (non-hydrogen) atoms. The first-order valence-electron chi connectivity index (χ1n) is 6.54. The summed E-state index contributed by atoms with van der Waals surface area (Å²) in [6.07, 6.45) is 2.15. The van der Waals surface area contributed by atoms with Crippen LogP contribution in [0, 0.1) is 0 Å². The number of amides is 2. The van der Waals surface area contributed by atoms with E-state index in [9.17, 15) is 9.59 Å². The molecule has 1 rings (SSSR count). The average Bonchev–Trinajstić information content (AvgIpc) is 2.45. The van der Waals surface area contributed by atoms with Gasteiger partial charge < -0.3 is 20.1 Å². The van der Waals surface area contributed by atoms with E-state index in [-0.39, 0.29) is 13.1 Å². The molecule has 1 aromatic carbocycles. The second kappa shape index (κ2) is 8.76. The molecule has 0 aromatic heterocycles. The molecule has 6 heteroatoms. The quantitative estimate of drug-likeness (QED) is 0.718. The largest absolute Gasteiger partial charge is 0.480 e. The molecule has 2 amide bonds.